The quantitative estimate of drug-likeness (QED) is 0.745. The normalized spacial score (nSPS) is 10.9. The maximum absolute atomic E-state index is 9.56. The largest absolute Gasteiger partial charge is 0.506 e. The lowest BCUT2D eigenvalue weighted by Crippen LogP contribution is -1.98. The number of aromatic hydroxyl groups is 1. The van der Waals surface area contributed by atoms with E-state index in [1.54, 1.807) is 23.5 Å². The molecule has 22 heavy (non-hydrogen) atoms. The number of nitrogen functional groups attached to an aromatic ring is 1. The Balaban J connectivity index is 2.21. The summed E-state index contributed by atoms with van der Waals surface area (Å²) >= 11 is 7.53. The van der Waals surface area contributed by atoms with Gasteiger partial charge in [-0.1, -0.05) is 11.6 Å². The second-order valence-corrected chi connectivity index (χ2v) is 6.43. The van der Waals surface area contributed by atoms with Crippen molar-refractivity contribution in [1.82, 2.24) is 15.0 Å². The van der Waals surface area contributed by atoms with Crippen LogP contribution in [0.3, 0.4) is 0 Å². The number of hydrogen-bond acceptors (Lipinski definition) is 6. The third kappa shape index (κ3) is 2.63. The molecule has 0 atom stereocenters. The predicted octanol–water partition coefficient (Wildman–Crippen LogP) is 3.83. The van der Waals surface area contributed by atoms with Crippen LogP contribution in [0.15, 0.2) is 24.4 Å². The molecule has 1 aromatic carbocycles. The molecule has 2 heterocycles. The van der Waals surface area contributed by atoms with Gasteiger partial charge in [0.25, 0.3) is 0 Å². The Bertz CT molecular complexity index is 843. The third-order valence-corrected chi connectivity index (χ3v) is 4.63. The number of phenols is 1. The van der Waals surface area contributed by atoms with Crippen LogP contribution >= 0.6 is 22.9 Å². The molecule has 2 aromatic heterocycles. The Hall–Kier alpha value is -2.18. The van der Waals surface area contributed by atoms with E-state index < -0.39 is 0 Å². The molecule has 0 amide bonds. The summed E-state index contributed by atoms with van der Waals surface area (Å²) in [5, 5.41) is 10.6. The minimum atomic E-state index is 0.0244. The average Bonchev–Trinajstić information content (AvgIpc) is 2.82. The number of rotatable bonds is 2. The molecular formula is C15H13ClN4OS. The Labute approximate surface area is 136 Å². The molecule has 3 rings (SSSR count). The number of thiazole rings is 1. The van der Waals surface area contributed by atoms with Crippen LogP contribution in [0.2, 0.25) is 5.02 Å². The molecule has 0 spiro atoms. The van der Waals surface area contributed by atoms with Crippen LogP contribution in [0.5, 0.6) is 5.75 Å². The highest BCUT2D eigenvalue weighted by Gasteiger charge is 2.16. The fraction of sp³-hybridized carbons (Fsp3) is 0.133. The smallest absolute Gasteiger partial charge is 0.144 e. The molecule has 0 aliphatic heterocycles. The van der Waals surface area contributed by atoms with Crippen molar-refractivity contribution in [1.29, 1.82) is 0 Å². The van der Waals surface area contributed by atoms with Crippen LogP contribution < -0.4 is 5.73 Å². The maximum atomic E-state index is 9.56. The molecule has 5 nitrogen and oxygen atoms in total. The van der Waals surface area contributed by atoms with Crippen LogP contribution in [0, 0.1) is 13.8 Å². The minimum Gasteiger partial charge on any atom is -0.506 e. The van der Waals surface area contributed by atoms with Gasteiger partial charge in [0.15, 0.2) is 0 Å². The van der Waals surface area contributed by atoms with Crippen molar-refractivity contribution in [3.8, 4) is 27.7 Å². The summed E-state index contributed by atoms with van der Waals surface area (Å²) in [6, 6.07) is 4.91. The van der Waals surface area contributed by atoms with Gasteiger partial charge in [-0.15, -0.1) is 11.3 Å². The first kappa shape index (κ1) is 14.7. The highest BCUT2D eigenvalue weighted by molar-refractivity contribution is 7.15. The molecule has 112 valence electrons. The van der Waals surface area contributed by atoms with E-state index >= 15 is 0 Å². The molecule has 0 saturated heterocycles. The second-order valence-electron chi connectivity index (χ2n) is 4.82. The summed E-state index contributed by atoms with van der Waals surface area (Å²) in [4.78, 5) is 14.4. The van der Waals surface area contributed by atoms with Crippen molar-refractivity contribution < 1.29 is 5.11 Å². The van der Waals surface area contributed by atoms with Crippen molar-refractivity contribution in [2.24, 2.45) is 0 Å². The SMILES string of the molecule is Cc1nc(-c2nc(N)cnc2-c2ccc(O)c(Cl)c2)sc1C. The predicted molar refractivity (Wildman–Crippen MR) is 89.1 cm³/mol. The second kappa shape index (κ2) is 5.55. The van der Waals surface area contributed by atoms with Crippen LogP contribution in [-0.4, -0.2) is 20.1 Å². The van der Waals surface area contributed by atoms with E-state index in [0.29, 0.717) is 17.2 Å². The van der Waals surface area contributed by atoms with Gasteiger partial charge < -0.3 is 10.8 Å². The number of nitrogens with two attached hydrogens (primary N) is 1. The molecular weight excluding hydrogens is 320 g/mol. The van der Waals surface area contributed by atoms with Crippen LogP contribution in [-0.2, 0) is 0 Å². The van der Waals surface area contributed by atoms with E-state index in [1.165, 1.54) is 12.3 Å². The minimum absolute atomic E-state index is 0.0244. The zero-order valence-corrected chi connectivity index (χ0v) is 13.5. The molecule has 7 heteroatoms. The summed E-state index contributed by atoms with van der Waals surface area (Å²) < 4.78 is 0. The number of hydrogen-bond donors (Lipinski definition) is 2. The zero-order chi connectivity index (χ0) is 15.9. The summed E-state index contributed by atoms with van der Waals surface area (Å²) in [7, 11) is 0. The summed E-state index contributed by atoms with van der Waals surface area (Å²) in [5.41, 5.74) is 8.73. The van der Waals surface area contributed by atoms with Gasteiger partial charge in [0.1, 0.15) is 22.3 Å². The highest BCUT2D eigenvalue weighted by Crippen LogP contribution is 2.35. The van der Waals surface area contributed by atoms with Crippen LogP contribution in [0.1, 0.15) is 10.6 Å². The Morgan fingerprint density at radius 3 is 2.59 bits per heavy atom. The molecule has 0 aliphatic carbocycles. The van der Waals surface area contributed by atoms with Gasteiger partial charge in [-0.05, 0) is 32.0 Å². The van der Waals surface area contributed by atoms with Crippen molar-refractivity contribution in [3.05, 3.63) is 40.0 Å². The molecule has 3 N–H and O–H groups in total. The van der Waals surface area contributed by atoms with Gasteiger partial charge in [0.2, 0.25) is 0 Å². The zero-order valence-electron chi connectivity index (χ0n) is 12.0. The van der Waals surface area contributed by atoms with Crippen LogP contribution in [0.4, 0.5) is 5.82 Å². The van der Waals surface area contributed by atoms with Gasteiger partial charge in [-0.3, -0.25) is 4.98 Å². The first-order valence-corrected chi connectivity index (χ1v) is 7.71. The van der Waals surface area contributed by atoms with Gasteiger partial charge in [-0.25, -0.2) is 9.97 Å². The molecule has 0 unspecified atom stereocenters. The van der Waals surface area contributed by atoms with Crippen molar-refractivity contribution >= 4 is 28.8 Å². The molecule has 0 bridgehead atoms. The van der Waals surface area contributed by atoms with Gasteiger partial charge >= 0.3 is 0 Å². The number of phenolic OH excluding ortho intramolecular Hbond substituents is 1. The first-order chi connectivity index (χ1) is 10.5. The summed E-state index contributed by atoms with van der Waals surface area (Å²) in [5.74, 6) is 0.352. The molecule has 0 radical (unpaired) electrons. The number of halogens is 1. The highest BCUT2D eigenvalue weighted by atomic mass is 35.5. The van der Waals surface area contributed by atoms with Crippen molar-refractivity contribution in [3.63, 3.8) is 0 Å². The number of anilines is 1. The summed E-state index contributed by atoms with van der Waals surface area (Å²) in [6.07, 6.45) is 1.49. The van der Waals surface area contributed by atoms with Crippen molar-refractivity contribution in [2.45, 2.75) is 13.8 Å². The van der Waals surface area contributed by atoms with E-state index in [1.807, 2.05) is 13.8 Å². The molecule has 0 saturated carbocycles. The van der Waals surface area contributed by atoms with Crippen molar-refractivity contribution in [2.75, 3.05) is 5.73 Å². The monoisotopic (exact) mass is 332 g/mol. The number of aryl methyl sites for hydroxylation is 2. The van der Waals surface area contributed by atoms with Gasteiger partial charge in [0, 0.05) is 10.4 Å². The van der Waals surface area contributed by atoms with Gasteiger partial charge in [-0.2, -0.15) is 0 Å². The Morgan fingerprint density at radius 1 is 1.18 bits per heavy atom. The first-order valence-electron chi connectivity index (χ1n) is 6.51. The third-order valence-electron chi connectivity index (χ3n) is 3.24. The fourth-order valence-electron chi connectivity index (χ4n) is 1.99. The lowest BCUT2D eigenvalue weighted by molar-refractivity contribution is 0.475. The fourth-order valence-corrected chi connectivity index (χ4v) is 3.08. The van der Waals surface area contributed by atoms with E-state index in [9.17, 15) is 5.11 Å². The van der Waals surface area contributed by atoms with E-state index in [4.69, 9.17) is 17.3 Å². The number of aromatic nitrogens is 3. The van der Waals surface area contributed by atoms with E-state index in [-0.39, 0.29) is 10.8 Å². The van der Waals surface area contributed by atoms with Crippen LogP contribution in [0.25, 0.3) is 22.0 Å². The van der Waals surface area contributed by atoms with E-state index in [0.717, 1.165) is 21.1 Å². The standard InChI is InChI=1S/C15H13ClN4OS/c1-7-8(2)22-15(19-7)14-13(18-6-12(17)20-14)9-3-4-11(21)10(16)5-9/h3-6,21H,1-2H3,(H2,17,20). The molecule has 0 aliphatic rings. The molecule has 0 fully saturated rings. The number of nitrogens with zero attached hydrogens (tertiary/aromatic N) is 3. The Morgan fingerprint density at radius 2 is 1.95 bits per heavy atom. The lowest BCUT2D eigenvalue weighted by Gasteiger charge is -2.07. The maximum Gasteiger partial charge on any atom is 0.144 e. The van der Waals surface area contributed by atoms with Gasteiger partial charge in [0.05, 0.1) is 22.6 Å². The van der Waals surface area contributed by atoms with E-state index in [2.05, 4.69) is 15.0 Å². The molecule has 3 aromatic rings. The lowest BCUT2D eigenvalue weighted by atomic mass is 10.1. The number of benzene rings is 1. The summed E-state index contributed by atoms with van der Waals surface area (Å²) in [6.45, 7) is 3.96. The topological polar surface area (TPSA) is 84.9 Å². The Kier molecular flexibility index (Phi) is 3.72. The average molecular weight is 333 g/mol.